The summed E-state index contributed by atoms with van der Waals surface area (Å²) in [5, 5.41) is 8.96. The molecule has 1 amide bonds. The van der Waals surface area contributed by atoms with Gasteiger partial charge < -0.3 is 10.0 Å². The lowest BCUT2D eigenvalue weighted by atomic mass is 9.88. The molecule has 1 aromatic carbocycles. The van der Waals surface area contributed by atoms with Crippen molar-refractivity contribution in [3.63, 3.8) is 0 Å². The molecular weight excluding hydrogens is 278 g/mol. The number of carbonyl (C=O) groups excluding carboxylic acids is 1. The molecule has 120 valence electrons. The molecule has 1 aromatic rings. The van der Waals surface area contributed by atoms with E-state index in [1.807, 2.05) is 32.0 Å². The van der Waals surface area contributed by atoms with Crippen LogP contribution in [-0.4, -0.2) is 23.5 Å². The van der Waals surface area contributed by atoms with Crippen molar-refractivity contribution in [3.05, 3.63) is 29.3 Å². The number of aliphatic carboxylic acids is 1. The summed E-state index contributed by atoms with van der Waals surface area (Å²) in [5.41, 5.74) is 3.11. The summed E-state index contributed by atoms with van der Waals surface area (Å²) in [7, 11) is 0. The first-order chi connectivity index (χ1) is 10.5. The third-order valence-electron chi connectivity index (χ3n) is 4.57. The van der Waals surface area contributed by atoms with Gasteiger partial charge in [0.25, 0.3) is 0 Å². The first-order valence-electron chi connectivity index (χ1n) is 8.09. The van der Waals surface area contributed by atoms with Crippen LogP contribution in [0.15, 0.2) is 18.2 Å². The highest BCUT2D eigenvalue weighted by molar-refractivity contribution is 5.95. The van der Waals surface area contributed by atoms with Gasteiger partial charge in [0, 0.05) is 18.2 Å². The van der Waals surface area contributed by atoms with Crippen LogP contribution >= 0.6 is 0 Å². The Balaban J connectivity index is 2.22. The summed E-state index contributed by atoms with van der Waals surface area (Å²) in [6, 6.07) is 5.90. The summed E-state index contributed by atoms with van der Waals surface area (Å²) < 4.78 is 0. The van der Waals surface area contributed by atoms with Gasteiger partial charge in [-0.05, 0) is 49.9 Å². The number of carboxylic acids is 1. The van der Waals surface area contributed by atoms with Crippen molar-refractivity contribution in [1.82, 2.24) is 0 Å². The first kappa shape index (κ1) is 16.5. The Morgan fingerprint density at radius 3 is 2.41 bits per heavy atom. The van der Waals surface area contributed by atoms with Crippen LogP contribution in [-0.2, 0) is 9.59 Å². The van der Waals surface area contributed by atoms with Gasteiger partial charge in [0.1, 0.15) is 0 Å². The van der Waals surface area contributed by atoms with E-state index in [0.29, 0.717) is 0 Å². The molecule has 2 rings (SSSR count). The van der Waals surface area contributed by atoms with E-state index in [0.717, 1.165) is 36.9 Å². The molecule has 1 aliphatic carbocycles. The molecule has 0 unspecified atom stereocenters. The van der Waals surface area contributed by atoms with E-state index < -0.39 is 5.97 Å². The molecule has 0 spiro atoms. The van der Waals surface area contributed by atoms with Gasteiger partial charge in [0.15, 0.2) is 0 Å². The fourth-order valence-corrected chi connectivity index (χ4v) is 3.04. The maximum Gasteiger partial charge on any atom is 0.305 e. The number of aryl methyl sites for hydroxylation is 2. The van der Waals surface area contributed by atoms with Gasteiger partial charge in [0.2, 0.25) is 5.91 Å². The normalized spacial score (nSPS) is 15.5. The third-order valence-corrected chi connectivity index (χ3v) is 4.57. The Morgan fingerprint density at radius 2 is 1.82 bits per heavy atom. The number of carboxylic acid groups (broad SMARTS) is 1. The fraction of sp³-hybridized carbons (Fsp3) is 0.556. The summed E-state index contributed by atoms with van der Waals surface area (Å²) in [6.45, 7) is 4.29. The van der Waals surface area contributed by atoms with Gasteiger partial charge in [-0.2, -0.15) is 0 Å². The molecule has 1 fully saturated rings. The minimum atomic E-state index is -0.870. The minimum absolute atomic E-state index is 0.0224. The van der Waals surface area contributed by atoms with Gasteiger partial charge >= 0.3 is 5.97 Å². The standard InChI is InChI=1S/C18H25NO3/c1-13-8-9-16(12-14(13)2)19(11-10-17(20)21)18(22)15-6-4-3-5-7-15/h8-9,12,15H,3-7,10-11H2,1-2H3,(H,20,21). The molecule has 4 heteroatoms. The van der Waals surface area contributed by atoms with Crippen molar-refractivity contribution in [1.29, 1.82) is 0 Å². The molecule has 1 aliphatic rings. The van der Waals surface area contributed by atoms with Crippen molar-refractivity contribution >= 4 is 17.6 Å². The van der Waals surface area contributed by atoms with Gasteiger partial charge in [-0.1, -0.05) is 25.3 Å². The van der Waals surface area contributed by atoms with Crippen LogP contribution in [0.3, 0.4) is 0 Å². The highest BCUT2D eigenvalue weighted by atomic mass is 16.4. The van der Waals surface area contributed by atoms with Gasteiger partial charge in [0.05, 0.1) is 6.42 Å². The second-order valence-electron chi connectivity index (χ2n) is 6.24. The molecule has 4 nitrogen and oxygen atoms in total. The Kier molecular flexibility index (Phi) is 5.58. The van der Waals surface area contributed by atoms with Crippen LogP contribution in [0.4, 0.5) is 5.69 Å². The highest BCUT2D eigenvalue weighted by Gasteiger charge is 2.27. The predicted octanol–water partition coefficient (Wildman–Crippen LogP) is 3.69. The van der Waals surface area contributed by atoms with Crippen LogP contribution in [0.1, 0.15) is 49.7 Å². The average Bonchev–Trinajstić information content (AvgIpc) is 2.51. The lowest BCUT2D eigenvalue weighted by Gasteiger charge is -2.29. The number of hydrogen-bond donors (Lipinski definition) is 1. The predicted molar refractivity (Wildman–Crippen MR) is 87.1 cm³/mol. The van der Waals surface area contributed by atoms with Gasteiger partial charge in [-0.25, -0.2) is 0 Å². The number of amides is 1. The molecular formula is C18H25NO3. The van der Waals surface area contributed by atoms with Gasteiger partial charge in [-0.15, -0.1) is 0 Å². The number of benzene rings is 1. The number of carbonyl (C=O) groups is 2. The quantitative estimate of drug-likeness (QED) is 0.902. The second-order valence-corrected chi connectivity index (χ2v) is 6.24. The Hall–Kier alpha value is -1.84. The van der Waals surface area contributed by atoms with E-state index in [1.54, 1.807) is 4.90 Å². The van der Waals surface area contributed by atoms with Crippen LogP contribution in [0.2, 0.25) is 0 Å². The van der Waals surface area contributed by atoms with E-state index in [-0.39, 0.29) is 24.8 Å². The van der Waals surface area contributed by atoms with Crippen molar-refractivity contribution in [2.75, 3.05) is 11.4 Å². The Morgan fingerprint density at radius 1 is 1.14 bits per heavy atom. The molecule has 22 heavy (non-hydrogen) atoms. The number of rotatable bonds is 5. The SMILES string of the molecule is Cc1ccc(N(CCC(=O)O)C(=O)C2CCCCC2)cc1C. The second kappa shape index (κ2) is 7.43. The number of anilines is 1. The molecule has 0 radical (unpaired) electrons. The molecule has 0 aliphatic heterocycles. The van der Waals surface area contributed by atoms with E-state index in [1.165, 1.54) is 12.0 Å². The van der Waals surface area contributed by atoms with Crippen LogP contribution in [0, 0.1) is 19.8 Å². The molecule has 0 saturated heterocycles. The summed E-state index contributed by atoms with van der Waals surface area (Å²) in [4.78, 5) is 25.4. The van der Waals surface area contributed by atoms with E-state index in [2.05, 4.69) is 0 Å². The maximum atomic E-state index is 12.8. The third kappa shape index (κ3) is 4.09. The average molecular weight is 303 g/mol. The number of hydrogen-bond acceptors (Lipinski definition) is 2. The van der Waals surface area contributed by atoms with Crippen molar-refractivity contribution in [2.45, 2.75) is 52.4 Å². The topological polar surface area (TPSA) is 57.6 Å². The van der Waals surface area contributed by atoms with E-state index >= 15 is 0 Å². The molecule has 0 bridgehead atoms. The summed E-state index contributed by atoms with van der Waals surface area (Å²) in [6.07, 6.45) is 5.21. The minimum Gasteiger partial charge on any atom is -0.481 e. The zero-order valence-corrected chi connectivity index (χ0v) is 13.5. The van der Waals surface area contributed by atoms with Crippen LogP contribution in [0.5, 0.6) is 0 Å². The highest BCUT2D eigenvalue weighted by Crippen LogP contribution is 2.28. The lowest BCUT2D eigenvalue weighted by molar-refractivity contribution is -0.136. The smallest absolute Gasteiger partial charge is 0.305 e. The molecule has 1 N–H and O–H groups in total. The fourth-order valence-electron chi connectivity index (χ4n) is 3.04. The Bertz CT molecular complexity index is 547. The van der Waals surface area contributed by atoms with Crippen molar-refractivity contribution < 1.29 is 14.7 Å². The summed E-state index contributed by atoms with van der Waals surface area (Å²) in [5.74, 6) is -0.737. The maximum absolute atomic E-state index is 12.8. The lowest BCUT2D eigenvalue weighted by Crippen LogP contribution is -2.38. The monoisotopic (exact) mass is 303 g/mol. The summed E-state index contributed by atoms with van der Waals surface area (Å²) >= 11 is 0. The van der Waals surface area contributed by atoms with Crippen molar-refractivity contribution in [3.8, 4) is 0 Å². The molecule has 0 atom stereocenters. The largest absolute Gasteiger partial charge is 0.481 e. The van der Waals surface area contributed by atoms with Crippen molar-refractivity contribution in [2.24, 2.45) is 5.92 Å². The van der Waals surface area contributed by atoms with Gasteiger partial charge in [-0.3, -0.25) is 9.59 Å². The zero-order chi connectivity index (χ0) is 16.1. The van der Waals surface area contributed by atoms with Crippen LogP contribution < -0.4 is 4.90 Å². The Labute approximate surface area is 132 Å². The molecule has 0 heterocycles. The molecule has 1 saturated carbocycles. The van der Waals surface area contributed by atoms with E-state index in [4.69, 9.17) is 5.11 Å². The zero-order valence-electron chi connectivity index (χ0n) is 13.5. The first-order valence-corrected chi connectivity index (χ1v) is 8.09. The van der Waals surface area contributed by atoms with E-state index in [9.17, 15) is 9.59 Å². The van der Waals surface area contributed by atoms with Crippen LogP contribution in [0.25, 0.3) is 0 Å². The molecule has 0 aromatic heterocycles. The number of nitrogens with zero attached hydrogens (tertiary/aromatic N) is 1.